The van der Waals surface area contributed by atoms with Crippen LogP contribution in [0.2, 0.25) is 0 Å². The Labute approximate surface area is 194 Å². The molecule has 1 aromatic heterocycles. The number of piperidine rings is 1. The van der Waals surface area contributed by atoms with Crippen LogP contribution in [0.3, 0.4) is 0 Å². The molecule has 1 atom stereocenters. The number of Topliss-reactive ketones (excluding diaryl/α,β-unsaturated/α-hetero) is 2. The average Bonchev–Trinajstić information content (AvgIpc) is 3.59. The van der Waals surface area contributed by atoms with Gasteiger partial charge in [0.05, 0.1) is 5.57 Å². The van der Waals surface area contributed by atoms with E-state index in [1.807, 2.05) is 30.3 Å². The van der Waals surface area contributed by atoms with Gasteiger partial charge in [-0.25, -0.2) is 0 Å². The molecular formula is C28H30N2O3. The predicted molar refractivity (Wildman–Crippen MR) is 127 cm³/mol. The molecule has 3 heterocycles. The van der Waals surface area contributed by atoms with Crippen molar-refractivity contribution >= 4 is 22.9 Å². The van der Waals surface area contributed by atoms with Crippen LogP contribution in [0.5, 0.6) is 0 Å². The van der Waals surface area contributed by atoms with E-state index in [9.17, 15) is 9.59 Å². The monoisotopic (exact) mass is 442 g/mol. The Hall–Kier alpha value is -2.79. The SMILES string of the molecule is O=C1CCc2cc(C3=C(c4ccncc4)OC(C4CCN(C5CCCC5)CC4)C3=O)ccc21. The van der Waals surface area contributed by atoms with Crippen LogP contribution in [-0.4, -0.2) is 46.7 Å². The second-order valence-corrected chi connectivity index (χ2v) is 9.95. The van der Waals surface area contributed by atoms with Crippen LogP contribution >= 0.6 is 0 Å². The fourth-order valence-corrected chi connectivity index (χ4v) is 6.26. The Balaban J connectivity index is 1.29. The second kappa shape index (κ2) is 8.53. The van der Waals surface area contributed by atoms with Crippen LogP contribution in [0.25, 0.3) is 11.3 Å². The Kier molecular flexibility index (Phi) is 5.37. The van der Waals surface area contributed by atoms with Crippen LogP contribution in [0.1, 0.15) is 72.0 Å². The zero-order chi connectivity index (χ0) is 22.4. The molecule has 0 amide bonds. The van der Waals surface area contributed by atoms with Crippen molar-refractivity contribution in [2.24, 2.45) is 5.92 Å². The number of aryl methyl sites for hydroxylation is 1. The molecule has 1 unspecified atom stereocenters. The van der Waals surface area contributed by atoms with Crippen LogP contribution < -0.4 is 0 Å². The van der Waals surface area contributed by atoms with Crippen LogP contribution in [0.15, 0.2) is 42.7 Å². The highest BCUT2D eigenvalue weighted by Crippen LogP contribution is 2.42. The van der Waals surface area contributed by atoms with Crippen LogP contribution in [0.4, 0.5) is 0 Å². The minimum Gasteiger partial charge on any atom is -0.481 e. The molecule has 0 radical (unpaired) electrons. The first kappa shape index (κ1) is 20.8. The molecule has 2 aliphatic carbocycles. The summed E-state index contributed by atoms with van der Waals surface area (Å²) in [5, 5.41) is 0. The van der Waals surface area contributed by atoms with Crippen LogP contribution in [0, 0.1) is 5.92 Å². The van der Waals surface area contributed by atoms with Crippen molar-refractivity contribution in [3.63, 3.8) is 0 Å². The predicted octanol–water partition coefficient (Wildman–Crippen LogP) is 4.70. The number of carbonyl (C=O) groups is 2. The van der Waals surface area contributed by atoms with Crippen molar-refractivity contribution < 1.29 is 14.3 Å². The number of aromatic nitrogens is 1. The molecule has 2 aliphatic heterocycles. The lowest BCUT2D eigenvalue weighted by Crippen LogP contribution is -2.43. The molecule has 1 saturated heterocycles. The molecule has 4 aliphatic rings. The molecule has 0 N–H and O–H groups in total. The summed E-state index contributed by atoms with van der Waals surface area (Å²) in [6.07, 6.45) is 11.7. The first-order valence-electron chi connectivity index (χ1n) is 12.4. The highest BCUT2D eigenvalue weighted by atomic mass is 16.5. The van der Waals surface area contributed by atoms with Gasteiger partial charge in [-0.3, -0.25) is 14.6 Å². The van der Waals surface area contributed by atoms with E-state index in [0.29, 0.717) is 17.8 Å². The fourth-order valence-electron chi connectivity index (χ4n) is 6.26. The zero-order valence-electron chi connectivity index (χ0n) is 19.0. The van der Waals surface area contributed by atoms with Gasteiger partial charge in [0.25, 0.3) is 0 Å². The van der Waals surface area contributed by atoms with Gasteiger partial charge in [-0.1, -0.05) is 31.0 Å². The lowest BCUT2D eigenvalue weighted by molar-refractivity contribution is -0.122. The van der Waals surface area contributed by atoms with Crippen molar-refractivity contribution in [2.45, 2.75) is 63.5 Å². The minimum atomic E-state index is -0.427. The fraction of sp³-hybridized carbons (Fsp3) is 0.464. The molecule has 2 aromatic rings. The number of nitrogens with zero attached hydrogens (tertiary/aromatic N) is 2. The summed E-state index contributed by atoms with van der Waals surface area (Å²) in [5.74, 6) is 1.18. The van der Waals surface area contributed by atoms with Gasteiger partial charge in [-0.2, -0.15) is 0 Å². The van der Waals surface area contributed by atoms with E-state index in [0.717, 1.165) is 60.6 Å². The Morgan fingerprint density at radius 1 is 0.879 bits per heavy atom. The van der Waals surface area contributed by atoms with Crippen LogP contribution in [-0.2, 0) is 16.0 Å². The van der Waals surface area contributed by atoms with E-state index in [2.05, 4.69) is 9.88 Å². The number of pyridine rings is 1. The maximum absolute atomic E-state index is 13.8. The molecule has 0 bridgehead atoms. The summed E-state index contributed by atoms with van der Waals surface area (Å²) in [4.78, 5) is 32.7. The highest BCUT2D eigenvalue weighted by Gasteiger charge is 2.43. The number of ether oxygens (including phenoxy) is 1. The lowest BCUT2D eigenvalue weighted by atomic mass is 9.85. The first-order chi connectivity index (χ1) is 16.2. The molecule has 1 saturated carbocycles. The van der Waals surface area contributed by atoms with Crippen molar-refractivity contribution in [1.82, 2.24) is 9.88 Å². The smallest absolute Gasteiger partial charge is 0.207 e. The van der Waals surface area contributed by atoms with Gasteiger partial charge in [-0.05, 0) is 68.5 Å². The number of ketones is 2. The summed E-state index contributed by atoms with van der Waals surface area (Å²) in [5.41, 5.74) is 4.25. The van der Waals surface area contributed by atoms with Crippen molar-refractivity contribution in [2.75, 3.05) is 13.1 Å². The zero-order valence-corrected chi connectivity index (χ0v) is 19.0. The number of likely N-dealkylation sites (tertiary alicyclic amines) is 1. The quantitative estimate of drug-likeness (QED) is 0.687. The minimum absolute atomic E-state index is 0.0883. The number of fused-ring (bicyclic) bond motifs is 1. The summed E-state index contributed by atoms with van der Waals surface area (Å²) in [7, 11) is 0. The largest absolute Gasteiger partial charge is 0.481 e. The summed E-state index contributed by atoms with van der Waals surface area (Å²) in [6, 6.07) is 10.4. The van der Waals surface area contributed by atoms with E-state index in [1.165, 1.54) is 25.7 Å². The number of hydrogen-bond acceptors (Lipinski definition) is 5. The second-order valence-electron chi connectivity index (χ2n) is 9.95. The van der Waals surface area contributed by atoms with Crippen molar-refractivity contribution in [3.05, 3.63) is 65.0 Å². The number of benzene rings is 1. The third kappa shape index (κ3) is 3.72. The molecule has 5 nitrogen and oxygen atoms in total. The van der Waals surface area contributed by atoms with Gasteiger partial charge in [0.1, 0.15) is 5.76 Å². The Morgan fingerprint density at radius 2 is 1.64 bits per heavy atom. The van der Waals surface area contributed by atoms with Gasteiger partial charge >= 0.3 is 0 Å². The van der Waals surface area contributed by atoms with E-state index >= 15 is 0 Å². The molecule has 6 rings (SSSR count). The van der Waals surface area contributed by atoms with Gasteiger partial charge in [0, 0.05) is 41.9 Å². The first-order valence-corrected chi connectivity index (χ1v) is 12.4. The number of rotatable bonds is 4. The van der Waals surface area contributed by atoms with E-state index in [1.54, 1.807) is 12.4 Å². The van der Waals surface area contributed by atoms with Gasteiger partial charge in [0.15, 0.2) is 11.9 Å². The molecule has 170 valence electrons. The molecule has 33 heavy (non-hydrogen) atoms. The van der Waals surface area contributed by atoms with E-state index < -0.39 is 6.10 Å². The highest BCUT2D eigenvalue weighted by molar-refractivity contribution is 6.31. The van der Waals surface area contributed by atoms with E-state index in [-0.39, 0.29) is 17.5 Å². The Bertz CT molecular complexity index is 1110. The maximum Gasteiger partial charge on any atom is 0.207 e. The summed E-state index contributed by atoms with van der Waals surface area (Å²) in [6.45, 7) is 2.12. The van der Waals surface area contributed by atoms with E-state index in [4.69, 9.17) is 4.74 Å². The molecule has 0 spiro atoms. The maximum atomic E-state index is 13.8. The third-order valence-electron chi connectivity index (χ3n) is 8.08. The third-order valence-corrected chi connectivity index (χ3v) is 8.08. The average molecular weight is 443 g/mol. The standard InChI is InChI=1S/C28H30N2O3/c31-24-8-6-20-17-21(5-7-23(20)24)25-26(32)28(33-27(25)18-9-13-29-14-10-18)19-11-15-30(16-12-19)22-3-1-2-4-22/h5,7,9-10,13-14,17,19,22,28H,1-4,6,8,11-12,15-16H2. The molecule has 5 heteroatoms. The molecule has 1 aromatic carbocycles. The lowest BCUT2D eigenvalue weighted by Gasteiger charge is -2.37. The molecular weight excluding hydrogens is 412 g/mol. The van der Waals surface area contributed by atoms with Gasteiger partial charge in [-0.15, -0.1) is 0 Å². The Morgan fingerprint density at radius 3 is 2.39 bits per heavy atom. The number of carbonyl (C=O) groups excluding carboxylic acids is 2. The number of hydrogen-bond donors (Lipinski definition) is 0. The summed E-state index contributed by atoms with van der Waals surface area (Å²) >= 11 is 0. The topological polar surface area (TPSA) is 59.5 Å². The van der Waals surface area contributed by atoms with Crippen molar-refractivity contribution in [3.8, 4) is 0 Å². The van der Waals surface area contributed by atoms with Gasteiger partial charge < -0.3 is 9.64 Å². The normalized spacial score (nSPS) is 24.5. The molecule has 2 fully saturated rings. The van der Waals surface area contributed by atoms with Gasteiger partial charge in [0.2, 0.25) is 5.78 Å². The summed E-state index contributed by atoms with van der Waals surface area (Å²) < 4.78 is 6.48. The van der Waals surface area contributed by atoms with Crippen molar-refractivity contribution in [1.29, 1.82) is 0 Å².